The second-order valence-corrected chi connectivity index (χ2v) is 7.28. The predicted molar refractivity (Wildman–Crippen MR) is 116 cm³/mol. The molecule has 1 aliphatic heterocycles. The number of nitrogens with zero attached hydrogens (tertiary/aromatic N) is 5. The Balaban J connectivity index is 1.35. The van der Waals surface area contributed by atoms with Crippen molar-refractivity contribution in [2.45, 2.75) is 25.4 Å². The van der Waals surface area contributed by atoms with Gasteiger partial charge in [0.1, 0.15) is 11.6 Å². The Morgan fingerprint density at radius 2 is 1.83 bits per heavy atom. The summed E-state index contributed by atoms with van der Waals surface area (Å²) >= 11 is 0. The molecule has 0 aliphatic carbocycles. The first-order valence-corrected chi connectivity index (χ1v) is 10.0. The molecule has 1 aromatic heterocycles. The molecule has 3 aromatic rings. The normalized spacial score (nSPS) is 15.5. The molecule has 0 bridgehead atoms. The summed E-state index contributed by atoms with van der Waals surface area (Å²) < 4.78 is 0. The number of anilines is 2. The number of likely N-dealkylation sites (tertiary alicyclic amines) is 1. The van der Waals surface area contributed by atoms with Crippen molar-refractivity contribution >= 4 is 16.9 Å². The first-order valence-electron chi connectivity index (χ1n) is 10.0. The third-order valence-electron chi connectivity index (χ3n) is 5.20. The van der Waals surface area contributed by atoms with E-state index in [9.17, 15) is 5.26 Å². The van der Waals surface area contributed by atoms with Crippen LogP contribution in [0.3, 0.4) is 0 Å². The maximum absolute atomic E-state index is 9.34. The molecule has 1 saturated heterocycles. The summed E-state index contributed by atoms with van der Waals surface area (Å²) in [6.45, 7) is 3.14. The summed E-state index contributed by atoms with van der Waals surface area (Å²) in [5.74, 6) is 0.265. The molecule has 2 heterocycles. The minimum absolute atomic E-state index is 0.265. The van der Waals surface area contributed by atoms with Crippen LogP contribution in [0.25, 0.3) is 5.57 Å². The van der Waals surface area contributed by atoms with Crippen LogP contribution in [0.1, 0.15) is 24.2 Å². The van der Waals surface area contributed by atoms with Crippen LogP contribution >= 0.6 is 0 Å². The number of aromatic nitrogens is 4. The zero-order valence-electron chi connectivity index (χ0n) is 16.6. The van der Waals surface area contributed by atoms with Crippen molar-refractivity contribution in [2.75, 3.05) is 23.7 Å². The fraction of sp³-hybridized carbons (Fsp3) is 0.273. The molecule has 0 amide bonds. The van der Waals surface area contributed by atoms with Gasteiger partial charge in [-0.25, -0.2) is 0 Å². The number of nitriles is 1. The van der Waals surface area contributed by atoms with Gasteiger partial charge in [-0.05, 0) is 35.8 Å². The van der Waals surface area contributed by atoms with Crippen molar-refractivity contribution in [2.24, 2.45) is 0 Å². The molecule has 4 rings (SSSR count). The van der Waals surface area contributed by atoms with Gasteiger partial charge in [0.2, 0.25) is 5.82 Å². The number of benzene rings is 2. The molecule has 0 radical (unpaired) electrons. The molecule has 30 heavy (non-hydrogen) atoms. The Kier molecular flexibility index (Phi) is 6.32. The smallest absolute Gasteiger partial charge is 0.216 e. The van der Waals surface area contributed by atoms with E-state index in [1.807, 2.05) is 24.3 Å². The summed E-state index contributed by atoms with van der Waals surface area (Å²) in [7, 11) is 0. The molecule has 1 aliphatic rings. The molecule has 8 heteroatoms. The SMILES string of the molecule is N#CC(=CNc1ccccc1NC1CCN(Cc2ccccc2)CC1)c1nn[nH]n1. The Bertz CT molecular complexity index is 999. The molecule has 0 spiro atoms. The zero-order chi connectivity index (χ0) is 20.6. The molecule has 1 fully saturated rings. The minimum atomic E-state index is 0.265. The molecular formula is C22H24N8. The van der Waals surface area contributed by atoms with Crippen LogP contribution in [0.2, 0.25) is 0 Å². The van der Waals surface area contributed by atoms with Crippen LogP contribution in [0.15, 0.2) is 60.8 Å². The highest BCUT2D eigenvalue weighted by atomic mass is 15.5. The predicted octanol–water partition coefficient (Wildman–Crippen LogP) is 3.25. The van der Waals surface area contributed by atoms with Crippen molar-refractivity contribution < 1.29 is 0 Å². The van der Waals surface area contributed by atoms with Gasteiger partial charge in [0, 0.05) is 31.9 Å². The molecular weight excluding hydrogens is 376 g/mol. The molecule has 3 N–H and O–H groups in total. The first-order chi connectivity index (χ1) is 14.8. The molecule has 152 valence electrons. The summed E-state index contributed by atoms with van der Waals surface area (Å²) in [4.78, 5) is 2.50. The number of tetrazole rings is 1. The molecule has 2 aromatic carbocycles. The molecule has 8 nitrogen and oxygen atoms in total. The maximum Gasteiger partial charge on any atom is 0.216 e. The number of nitrogens with one attached hydrogen (secondary N) is 3. The highest BCUT2D eigenvalue weighted by Gasteiger charge is 2.19. The second kappa shape index (κ2) is 9.67. The summed E-state index contributed by atoms with van der Waals surface area (Å²) in [5, 5.41) is 29.8. The molecule has 0 saturated carbocycles. The molecule has 0 atom stereocenters. The fourth-order valence-corrected chi connectivity index (χ4v) is 3.60. The lowest BCUT2D eigenvalue weighted by Gasteiger charge is -2.33. The summed E-state index contributed by atoms with van der Waals surface area (Å²) in [6.07, 6.45) is 3.78. The van der Waals surface area contributed by atoms with E-state index >= 15 is 0 Å². The lowest BCUT2D eigenvalue weighted by atomic mass is 10.0. The van der Waals surface area contributed by atoms with E-state index in [2.05, 4.69) is 72.6 Å². The number of para-hydroxylation sites is 2. The summed E-state index contributed by atoms with van der Waals surface area (Å²) in [6, 6.07) is 21.1. The van der Waals surface area contributed by atoms with Crippen molar-refractivity contribution in [3.05, 3.63) is 72.2 Å². The van der Waals surface area contributed by atoms with E-state index in [-0.39, 0.29) is 5.82 Å². The fourth-order valence-electron chi connectivity index (χ4n) is 3.60. The summed E-state index contributed by atoms with van der Waals surface area (Å²) in [5.41, 5.74) is 3.59. The number of piperidine rings is 1. The van der Waals surface area contributed by atoms with E-state index in [0.717, 1.165) is 43.9 Å². The van der Waals surface area contributed by atoms with Crippen molar-refractivity contribution in [3.63, 3.8) is 0 Å². The van der Waals surface area contributed by atoms with Gasteiger partial charge in [-0.2, -0.15) is 10.5 Å². The maximum atomic E-state index is 9.34. The average molecular weight is 400 g/mol. The van der Waals surface area contributed by atoms with Crippen LogP contribution in [-0.4, -0.2) is 44.7 Å². The number of allylic oxidation sites excluding steroid dienone is 1. The largest absolute Gasteiger partial charge is 0.381 e. The topological polar surface area (TPSA) is 106 Å². The van der Waals surface area contributed by atoms with Crippen molar-refractivity contribution in [1.29, 1.82) is 5.26 Å². The number of rotatable bonds is 7. The van der Waals surface area contributed by atoms with E-state index < -0.39 is 0 Å². The Morgan fingerprint density at radius 3 is 2.53 bits per heavy atom. The van der Waals surface area contributed by atoms with Gasteiger partial charge in [0.25, 0.3) is 0 Å². The number of aromatic amines is 1. The van der Waals surface area contributed by atoms with Gasteiger partial charge in [-0.1, -0.05) is 42.5 Å². The first kappa shape index (κ1) is 19.6. The van der Waals surface area contributed by atoms with Gasteiger partial charge in [0.15, 0.2) is 0 Å². The van der Waals surface area contributed by atoms with Gasteiger partial charge >= 0.3 is 0 Å². The van der Waals surface area contributed by atoms with Crippen LogP contribution < -0.4 is 10.6 Å². The van der Waals surface area contributed by atoms with E-state index in [1.54, 1.807) is 6.20 Å². The number of H-pyrrole nitrogens is 1. The number of hydrogen-bond acceptors (Lipinski definition) is 7. The van der Waals surface area contributed by atoms with Gasteiger partial charge in [-0.3, -0.25) is 4.90 Å². The number of hydrogen-bond donors (Lipinski definition) is 3. The Hall–Kier alpha value is -3.70. The zero-order valence-corrected chi connectivity index (χ0v) is 16.6. The van der Waals surface area contributed by atoms with Crippen molar-refractivity contribution in [3.8, 4) is 6.07 Å². The lowest BCUT2D eigenvalue weighted by Crippen LogP contribution is -2.38. The Labute approximate surface area is 175 Å². The van der Waals surface area contributed by atoms with Crippen LogP contribution in [-0.2, 0) is 6.54 Å². The average Bonchev–Trinajstić information content (AvgIpc) is 3.32. The third-order valence-corrected chi connectivity index (χ3v) is 5.20. The van der Waals surface area contributed by atoms with Gasteiger partial charge in [-0.15, -0.1) is 10.2 Å². The van der Waals surface area contributed by atoms with Crippen LogP contribution in [0.5, 0.6) is 0 Å². The van der Waals surface area contributed by atoms with Gasteiger partial charge in [0.05, 0.1) is 11.4 Å². The van der Waals surface area contributed by atoms with Gasteiger partial charge < -0.3 is 10.6 Å². The standard InChI is InChI=1S/C22H24N8/c23-14-18(22-26-28-29-27-22)15-24-20-8-4-5-9-21(20)25-19-10-12-30(13-11-19)16-17-6-2-1-3-7-17/h1-9,15,19,24-25H,10-13,16H2,(H,26,27,28,29). The highest BCUT2D eigenvalue weighted by Crippen LogP contribution is 2.25. The quantitative estimate of drug-likeness (QED) is 0.523. The lowest BCUT2D eigenvalue weighted by molar-refractivity contribution is 0.211. The monoisotopic (exact) mass is 400 g/mol. The van der Waals surface area contributed by atoms with Crippen LogP contribution in [0, 0.1) is 11.3 Å². The highest BCUT2D eigenvalue weighted by molar-refractivity contribution is 5.77. The Morgan fingerprint density at radius 1 is 1.10 bits per heavy atom. The van der Waals surface area contributed by atoms with Crippen molar-refractivity contribution in [1.82, 2.24) is 25.5 Å². The van der Waals surface area contributed by atoms with Crippen LogP contribution in [0.4, 0.5) is 11.4 Å². The second-order valence-electron chi connectivity index (χ2n) is 7.28. The van der Waals surface area contributed by atoms with E-state index in [4.69, 9.17) is 0 Å². The van der Waals surface area contributed by atoms with E-state index in [0.29, 0.717) is 11.6 Å². The van der Waals surface area contributed by atoms with E-state index in [1.165, 1.54) is 5.56 Å². The molecule has 0 unspecified atom stereocenters. The minimum Gasteiger partial charge on any atom is -0.381 e. The third kappa shape index (κ3) is 5.01.